The zero-order chi connectivity index (χ0) is 14.9. The van der Waals surface area contributed by atoms with Crippen LogP contribution < -0.4 is 0 Å². The predicted octanol–water partition coefficient (Wildman–Crippen LogP) is 1.70. The zero-order valence-corrected chi connectivity index (χ0v) is 12.9. The largest absolute Gasteiger partial charge is 0.411 e. The molecule has 0 saturated heterocycles. The lowest BCUT2D eigenvalue weighted by molar-refractivity contribution is -0.0668. The predicted molar refractivity (Wildman–Crippen MR) is 73.0 cm³/mol. The fourth-order valence-electron chi connectivity index (χ4n) is 2.32. The smallest absolute Gasteiger partial charge is 0.133 e. The summed E-state index contributed by atoms with van der Waals surface area (Å²) in [4.78, 5) is 0. The first-order valence-corrected chi connectivity index (χ1v) is 6.42. The Morgan fingerprint density at radius 3 is 1.53 bits per heavy atom. The number of nitrogens with zero attached hydrogens (tertiary/aromatic N) is 1. The molecule has 0 bridgehead atoms. The van der Waals surface area contributed by atoms with E-state index in [-0.39, 0.29) is 13.2 Å². The highest BCUT2D eigenvalue weighted by atomic mass is 16.6. The van der Waals surface area contributed by atoms with Crippen LogP contribution in [-0.2, 0) is 18.9 Å². The number of rotatable bonds is 10. The van der Waals surface area contributed by atoms with Gasteiger partial charge in [-0.2, -0.15) is 0 Å². The fourth-order valence-corrected chi connectivity index (χ4v) is 2.32. The van der Waals surface area contributed by atoms with Gasteiger partial charge in [0.15, 0.2) is 0 Å². The van der Waals surface area contributed by atoms with Crippen molar-refractivity contribution in [3.63, 3.8) is 0 Å². The van der Waals surface area contributed by atoms with Gasteiger partial charge in [0.25, 0.3) is 0 Å². The van der Waals surface area contributed by atoms with Gasteiger partial charge in [-0.3, -0.25) is 0 Å². The molecule has 0 saturated carbocycles. The summed E-state index contributed by atoms with van der Waals surface area (Å²) in [5.74, 6) is 0. The van der Waals surface area contributed by atoms with E-state index < -0.39 is 11.2 Å². The first kappa shape index (κ1) is 18.3. The van der Waals surface area contributed by atoms with Crippen LogP contribution in [0, 0.1) is 0 Å². The highest BCUT2D eigenvalue weighted by molar-refractivity contribution is 5.99. The van der Waals surface area contributed by atoms with Gasteiger partial charge in [0.1, 0.15) is 16.9 Å². The zero-order valence-electron chi connectivity index (χ0n) is 12.9. The molecule has 19 heavy (non-hydrogen) atoms. The van der Waals surface area contributed by atoms with E-state index >= 15 is 0 Å². The van der Waals surface area contributed by atoms with Gasteiger partial charge < -0.3 is 24.2 Å². The lowest BCUT2D eigenvalue weighted by Crippen LogP contribution is -2.57. The van der Waals surface area contributed by atoms with Crippen molar-refractivity contribution in [3.05, 3.63) is 0 Å². The lowest BCUT2D eigenvalue weighted by Gasteiger charge is -2.39. The molecule has 0 amide bonds. The molecule has 0 aliphatic rings. The number of methoxy groups -OCH3 is 2. The second kappa shape index (κ2) is 8.47. The SMILES string of the molecule is CCOC(C)(COC)C(=NO)C(C)(COC)OCC. The summed E-state index contributed by atoms with van der Waals surface area (Å²) in [6, 6.07) is 0. The van der Waals surface area contributed by atoms with Crippen molar-refractivity contribution in [3.8, 4) is 0 Å². The molecule has 0 aromatic heterocycles. The standard InChI is InChI=1S/C13H27NO5/c1-7-18-12(3,9-16-5)11(14-15)13(4,10-17-6)19-8-2/h15H,7-10H2,1-6H3. The van der Waals surface area contributed by atoms with Gasteiger partial charge in [-0.1, -0.05) is 5.16 Å². The van der Waals surface area contributed by atoms with Gasteiger partial charge in [0.05, 0.1) is 13.2 Å². The monoisotopic (exact) mass is 277 g/mol. The van der Waals surface area contributed by atoms with Crippen LogP contribution in [0.5, 0.6) is 0 Å². The molecule has 0 heterocycles. The maximum Gasteiger partial charge on any atom is 0.133 e. The summed E-state index contributed by atoms with van der Waals surface area (Å²) < 4.78 is 21.8. The van der Waals surface area contributed by atoms with Crippen molar-refractivity contribution in [2.75, 3.05) is 40.6 Å². The number of hydrogen-bond acceptors (Lipinski definition) is 6. The molecule has 6 heteroatoms. The van der Waals surface area contributed by atoms with Gasteiger partial charge in [-0.05, 0) is 27.7 Å². The van der Waals surface area contributed by atoms with Gasteiger partial charge >= 0.3 is 0 Å². The summed E-state index contributed by atoms with van der Waals surface area (Å²) >= 11 is 0. The average Bonchev–Trinajstić information content (AvgIpc) is 2.30. The van der Waals surface area contributed by atoms with Gasteiger partial charge in [-0.25, -0.2) is 0 Å². The third-order valence-corrected chi connectivity index (χ3v) is 2.87. The molecule has 1 N–H and O–H groups in total. The Hall–Kier alpha value is -0.690. The Morgan fingerprint density at radius 1 is 0.947 bits per heavy atom. The summed E-state index contributed by atoms with van der Waals surface area (Å²) in [6.45, 7) is 8.81. The second-order valence-electron chi connectivity index (χ2n) is 4.64. The average molecular weight is 277 g/mol. The minimum atomic E-state index is -0.874. The molecule has 0 fully saturated rings. The third-order valence-electron chi connectivity index (χ3n) is 2.87. The lowest BCUT2D eigenvalue weighted by atomic mass is 9.87. The molecule has 6 nitrogen and oxygen atoms in total. The molecule has 2 unspecified atom stereocenters. The minimum absolute atomic E-state index is 0.257. The number of oxime groups is 1. The second-order valence-corrected chi connectivity index (χ2v) is 4.64. The highest BCUT2D eigenvalue weighted by Gasteiger charge is 2.45. The summed E-state index contributed by atoms with van der Waals surface area (Å²) in [7, 11) is 3.14. The topological polar surface area (TPSA) is 69.5 Å². The van der Waals surface area contributed by atoms with Crippen LogP contribution in [-0.4, -0.2) is 62.8 Å². The maximum atomic E-state index is 9.42. The van der Waals surface area contributed by atoms with Crippen molar-refractivity contribution in [1.29, 1.82) is 0 Å². The summed E-state index contributed by atoms with van der Waals surface area (Å²) in [5.41, 5.74) is -1.39. The van der Waals surface area contributed by atoms with Crippen LogP contribution >= 0.6 is 0 Å². The van der Waals surface area contributed by atoms with E-state index in [1.54, 1.807) is 14.2 Å². The van der Waals surface area contributed by atoms with E-state index in [2.05, 4.69) is 5.16 Å². The van der Waals surface area contributed by atoms with Gasteiger partial charge in [-0.15, -0.1) is 0 Å². The van der Waals surface area contributed by atoms with Crippen LogP contribution in [0.4, 0.5) is 0 Å². The fraction of sp³-hybridized carbons (Fsp3) is 0.923. The number of ether oxygens (including phenoxy) is 4. The van der Waals surface area contributed by atoms with E-state index in [9.17, 15) is 5.21 Å². The Balaban J connectivity index is 5.43. The van der Waals surface area contributed by atoms with Crippen molar-refractivity contribution in [2.24, 2.45) is 5.16 Å². The Bertz CT molecular complexity index is 244. The molecule has 0 spiro atoms. The van der Waals surface area contributed by atoms with Crippen LogP contribution in [0.25, 0.3) is 0 Å². The first-order chi connectivity index (χ1) is 8.94. The van der Waals surface area contributed by atoms with Crippen molar-refractivity contribution in [1.82, 2.24) is 0 Å². The Labute approximate surface area is 115 Å². The molecule has 114 valence electrons. The third kappa shape index (κ3) is 4.72. The molecular weight excluding hydrogens is 250 g/mol. The minimum Gasteiger partial charge on any atom is -0.411 e. The van der Waals surface area contributed by atoms with E-state index in [1.807, 2.05) is 27.7 Å². The molecule has 0 aliphatic heterocycles. The van der Waals surface area contributed by atoms with Crippen LogP contribution in [0.1, 0.15) is 27.7 Å². The van der Waals surface area contributed by atoms with Crippen molar-refractivity contribution in [2.45, 2.75) is 38.9 Å². The van der Waals surface area contributed by atoms with Crippen LogP contribution in [0.2, 0.25) is 0 Å². The molecule has 0 aromatic carbocycles. The van der Waals surface area contributed by atoms with E-state index in [0.717, 1.165) is 0 Å². The molecule has 0 radical (unpaired) electrons. The summed E-state index contributed by atoms with van der Waals surface area (Å²) in [6.07, 6.45) is 0. The van der Waals surface area contributed by atoms with Crippen LogP contribution in [0.15, 0.2) is 5.16 Å². The maximum absolute atomic E-state index is 9.42. The first-order valence-electron chi connectivity index (χ1n) is 6.42. The van der Waals surface area contributed by atoms with E-state index in [0.29, 0.717) is 18.9 Å². The summed E-state index contributed by atoms with van der Waals surface area (Å²) in [5, 5.41) is 12.8. The van der Waals surface area contributed by atoms with Gasteiger partial charge in [0, 0.05) is 27.4 Å². The molecule has 0 aromatic rings. The molecule has 0 rings (SSSR count). The van der Waals surface area contributed by atoms with Gasteiger partial charge in [0.2, 0.25) is 0 Å². The Kier molecular flexibility index (Phi) is 8.17. The van der Waals surface area contributed by atoms with E-state index in [4.69, 9.17) is 18.9 Å². The van der Waals surface area contributed by atoms with Crippen molar-refractivity contribution >= 4 is 5.71 Å². The van der Waals surface area contributed by atoms with Crippen molar-refractivity contribution < 1.29 is 24.2 Å². The number of hydrogen-bond donors (Lipinski definition) is 1. The molecular formula is C13H27NO5. The Morgan fingerprint density at radius 2 is 1.32 bits per heavy atom. The van der Waals surface area contributed by atoms with Crippen LogP contribution in [0.3, 0.4) is 0 Å². The normalized spacial score (nSPS) is 17.6. The highest BCUT2D eigenvalue weighted by Crippen LogP contribution is 2.25. The quantitative estimate of drug-likeness (QED) is 0.374. The van der Waals surface area contributed by atoms with E-state index in [1.165, 1.54) is 0 Å². The molecule has 2 atom stereocenters. The molecule has 0 aliphatic carbocycles.